The minimum Gasteiger partial charge on any atom is -0.264 e. The highest BCUT2D eigenvalue weighted by molar-refractivity contribution is 7.98. The number of nitrogens with zero attached hydrogens (tertiary/aromatic N) is 2. The lowest BCUT2D eigenvalue weighted by atomic mass is 10.1. The van der Waals surface area contributed by atoms with Crippen LogP contribution in [0.15, 0.2) is 59.9 Å². The molecule has 3 aromatic rings. The van der Waals surface area contributed by atoms with Crippen LogP contribution in [0.2, 0.25) is 0 Å². The van der Waals surface area contributed by atoms with E-state index in [9.17, 15) is 0 Å². The van der Waals surface area contributed by atoms with Gasteiger partial charge in [0.1, 0.15) is 0 Å². The van der Waals surface area contributed by atoms with Crippen LogP contribution in [-0.4, -0.2) is 9.97 Å². The molecule has 94 valence electrons. The number of hydrogen-bond donors (Lipinski definition) is 0. The molecular formula is C16H14N2S. The summed E-state index contributed by atoms with van der Waals surface area (Å²) in [4.78, 5) is 8.82. The number of pyridine rings is 2. The van der Waals surface area contributed by atoms with Crippen LogP contribution in [0, 0.1) is 6.92 Å². The van der Waals surface area contributed by atoms with Crippen molar-refractivity contribution < 1.29 is 0 Å². The third-order valence-electron chi connectivity index (χ3n) is 3.01. The lowest BCUT2D eigenvalue weighted by Gasteiger charge is -2.06. The van der Waals surface area contributed by atoms with Gasteiger partial charge in [0.25, 0.3) is 0 Å². The Kier molecular flexibility index (Phi) is 3.47. The van der Waals surface area contributed by atoms with Gasteiger partial charge in [-0.25, -0.2) is 4.98 Å². The number of thioether (sulfide) groups is 1. The molecule has 2 heterocycles. The van der Waals surface area contributed by atoms with Crippen LogP contribution in [0.25, 0.3) is 10.9 Å². The van der Waals surface area contributed by atoms with Gasteiger partial charge < -0.3 is 0 Å². The maximum atomic E-state index is 4.69. The van der Waals surface area contributed by atoms with Gasteiger partial charge in [0.15, 0.2) is 0 Å². The smallest absolute Gasteiger partial charge is 0.0973 e. The van der Waals surface area contributed by atoms with E-state index in [2.05, 4.69) is 42.2 Å². The molecule has 2 nitrogen and oxygen atoms in total. The van der Waals surface area contributed by atoms with Crippen LogP contribution in [0.3, 0.4) is 0 Å². The maximum Gasteiger partial charge on any atom is 0.0973 e. The molecule has 0 bridgehead atoms. The number of rotatable bonds is 3. The van der Waals surface area contributed by atoms with Crippen LogP contribution in [0.1, 0.15) is 11.1 Å². The van der Waals surface area contributed by atoms with Crippen molar-refractivity contribution in [2.75, 3.05) is 0 Å². The van der Waals surface area contributed by atoms with Crippen molar-refractivity contribution in [3.63, 3.8) is 0 Å². The van der Waals surface area contributed by atoms with E-state index in [-0.39, 0.29) is 0 Å². The molecule has 2 aromatic heterocycles. The van der Waals surface area contributed by atoms with Crippen molar-refractivity contribution in [2.45, 2.75) is 17.7 Å². The lowest BCUT2D eigenvalue weighted by Crippen LogP contribution is -1.88. The summed E-state index contributed by atoms with van der Waals surface area (Å²) in [5.41, 5.74) is 3.57. The highest BCUT2D eigenvalue weighted by Gasteiger charge is 2.03. The largest absolute Gasteiger partial charge is 0.264 e. The fraction of sp³-hybridized carbons (Fsp3) is 0.125. The Hall–Kier alpha value is -1.87. The zero-order chi connectivity index (χ0) is 13.1. The van der Waals surface area contributed by atoms with Gasteiger partial charge in [0.05, 0.1) is 10.5 Å². The summed E-state index contributed by atoms with van der Waals surface area (Å²) >= 11 is 1.75. The van der Waals surface area contributed by atoms with E-state index in [0.29, 0.717) is 0 Å². The van der Waals surface area contributed by atoms with Crippen LogP contribution in [0.4, 0.5) is 0 Å². The summed E-state index contributed by atoms with van der Waals surface area (Å²) in [6.07, 6.45) is 3.70. The Morgan fingerprint density at radius 1 is 1.11 bits per heavy atom. The molecule has 19 heavy (non-hydrogen) atoms. The topological polar surface area (TPSA) is 25.8 Å². The first kappa shape index (κ1) is 12.2. The molecule has 0 aliphatic heterocycles. The first-order valence-electron chi connectivity index (χ1n) is 6.21. The van der Waals surface area contributed by atoms with Crippen LogP contribution in [-0.2, 0) is 5.75 Å². The fourth-order valence-electron chi connectivity index (χ4n) is 2.03. The molecule has 0 unspecified atom stereocenters. The Labute approximate surface area is 116 Å². The summed E-state index contributed by atoms with van der Waals surface area (Å²) in [5, 5.41) is 2.30. The highest BCUT2D eigenvalue weighted by atomic mass is 32.2. The van der Waals surface area contributed by atoms with Crippen LogP contribution >= 0.6 is 11.8 Å². The minimum absolute atomic E-state index is 0.901. The predicted octanol–water partition coefficient (Wildman–Crippen LogP) is 4.23. The minimum atomic E-state index is 0.901. The molecule has 0 spiro atoms. The number of hydrogen-bond acceptors (Lipinski definition) is 3. The third-order valence-corrected chi connectivity index (χ3v) is 3.99. The third kappa shape index (κ3) is 2.76. The highest BCUT2D eigenvalue weighted by Crippen LogP contribution is 2.25. The zero-order valence-electron chi connectivity index (χ0n) is 10.7. The number of aryl methyl sites for hydroxylation is 1. The second-order valence-corrected chi connectivity index (χ2v) is 5.44. The first-order chi connectivity index (χ1) is 9.33. The standard InChI is InChI=1S/C16H14N2S/c1-12-9-16(18-15-7-3-2-6-14(12)15)19-11-13-5-4-8-17-10-13/h2-10H,11H2,1H3. The van der Waals surface area contributed by atoms with E-state index in [4.69, 9.17) is 4.98 Å². The molecule has 0 saturated heterocycles. The van der Waals surface area contributed by atoms with Crippen molar-refractivity contribution >= 4 is 22.7 Å². The number of para-hydroxylation sites is 1. The van der Waals surface area contributed by atoms with Gasteiger partial charge in [-0.2, -0.15) is 0 Å². The Bertz CT molecular complexity index is 695. The molecule has 0 amide bonds. The Morgan fingerprint density at radius 3 is 2.84 bits per heavy atom. The second-order valence-electron chi connectivity index (χ2n) is 4.44. The van der Waals surface area contributed by atoms with Gasteiger partial charge in [-0.15, -0.1) is 11.8 Å². The van der Waals surface area contributed by atoms with Gasteiger partial charge in [-0.3, -0.25) is 4.98 Å². The molecule has 3 rings (SSSR count). The van der Waals surface area contributed by atoms with Gasteiger partial charge in [-0.05, 0) is 36.2 Å². The van der Waals surface area contributed by atoms with Gasteiger partial charge in [0, 0.05) is 23.5 Å². The van der Waals surface area contributed by atoms with E-state index < -0.39 is 0 Å². The monoisotopic (exact) mass is 266 g/mol. The van der Waals surface area contributed by atoms with E-state index in [1.807, 2.05) is 18.3 Å². The van der Waals surface area contributed by atoms with E-state index in [1.54, 1.807) is 18.0 Å². The lowest BCUT2D eigenvalue weighted by molar-refractivity contribution is 1.16. The molecular weight excluding hydrogens is 252 g/mol. The fourth-order valence-corrected chi connectivity index (χ4v) is 2.94. The average molecular weight is 266 g/mol. The zero-order valence-corrected chi connectivity index (χ0v) is 11.5. The second kappa shape index (κ2) is 5.41. The van der Waals surface area contributed by atoms with Crippen molar-refractivity contribution in [2.24, 2.45) is 0 Å². The summed E-state index contributed by atoms with van der Waals surface area (Å²) in [6.45, 7) is 2.14. The van der Waals surface area contributed by atoms with Gasteiger partial charge in [-0.1, -0.05) is 24.3 Å². The molecule has 1 aromatic carbocycles. The van der Waals surface area contributed by atoms with E-state index >= 15 is 0 Å². The molecule has 0 fully saturated rings. The SMILES string of the molecule is Cc1cc(SCc2cccnc2)nc2ccccc12. The van der Waals surface area contributed by atoms with Crippen molar-refractivity contribution in [3.05, 3.63) is 66.0 Å². The maximum absolute atomic E-state index is 4.69. The quantitative estimate of drug-likeness (QED) is 0.663. The van der Waals surface area contributed by atoms with E-state index in [1.165, 1.54) is 16.5 Å². The summed E-state index contributed by atoms with van der Waals surface area (Å²) < 4.78 is 0. The molecule has 0 radical (unpaired) electrons. The number of fused-ring (bicyclic) bond motifs is 1. The molecule has 0 atom stereocenters. The summed E-state index contributed by atoms with van der Waals surface area (Å²) in [6, 6.07) is 14.5. The van der Waals surface area contributed by atoms with E-state index in [0.717, 1.165) is 16.3 Å². The molecule has 0 saturated carbocycles. The number of aromatic nitrogens is 2. The molecule has 3 heteroatoms. The molecule has 0 aliphatic rings. The van der Waals surface area contributed by atoms with Gasteiger partial charge in [0.2, 0.25) is 0 Å². The first-order valence-corrected chi connectivity index (χ1v) is 7.19. The average Bonchev–Trinajstić information content (AvgIpc) is 2.46. The van der Waals surface area contributed by atoms with Crippen molar-refractivity contribution in [3.8, 4) is 0 Å². The normalized spacial score (nSPS) is 10.8. The van der Waals surface area contributed by atoms with Gasteiger partial charge >= 0.3 is 0 Å². The summed E-state index contributed by atoms with van der Waals surface area (Å²) in [5.74, 6) is 0.901. The molecule has 0 N–H and O–H groups in total. The Morgan fingerprint density at radius 2 is 2.00 bits per heavy atom. The van der Waals surface area contributed by atoms with Crippen LogP contribution in [0.5, 0.6) is 0 Å². The summed E-state index contributed by atoms with van der Waals surface area (Å²) in [7, 11) is 0. The molecule has 0 aliphatic carbocycles. The van der Waals surface area contributed by atoms with Crippen LogP contribution < -0.4 is 0 Å². The number of benzene rings is 1. The predicted molar refractivity (Wildman–Crippen MR) is 80.3 cm³/mol. The Balaban J connectivity index is 1.85. The van der Waals surface area contributed by atoms with Crippen molar-refractivity contribution in [1.82, 2.24) is 9.97 Å². The van der Waals surface area contributed by atoms with Crippen molar-refractivity contribution in [1.29, 1.82) is 0 Å².